The van der Waals surface area contributed by atoms with Crippen LogP contribution in [0.2, 0.25) is 0 Å². The molecule has 0 radical (unpaired) electrons. The number of hydrogen-bond acceptors (Lipinski definition) is 10. The number of ether oxygens (including phenoxy) is 3. The molecule has 5 rings (SSSR count). The Morgan fingerprint density at radius 1 is 1.07 bits per heavy atom. The molecule has 2 saturated carbocycles. The smallest absolute Gasteiger partial charge is 0.338 e. The maximum absolute atomic E-state index is 13.8. The molecule has 41 heavy (non-hydrogen) atoms. The molecule has 226 valence electrons. The lowest BCUT2D eigenvalue weighted by molar-refractivity contribution is -0.361. The molecule has 0 spiro atoms. The second-order valence-electron chi connectivity index (χ2n) is 12.6. The third-order valence-corrected chi connectivity index (χ3v) is 11.1. The van der Waals surface area contributed by atoms with E-state index in [-0.39, 0.29) is 25.0 Å². The highest BCUT2D eigenvalue weighted by molar-refractivity contribution is 7.10. The Labute approximate surface area is 244 Å². The summed E-state index contributed by atoms with van der Waals surface area (Å²) in [4.78, 5) is 26.4. The normalized spacial score (nSPS) is 43.0. The number of aliphatic hydroxyl groups is 3. The zero-order chi connectivity index (χ0) is 30.1. The summed E-state index contributed by atoms with van der Waals surface area (Å²) in [6.45, 7) is 8.34. The highest BCUT2D eigenvalue weighted by Crippen LogP contribution is 2.65. The lowest BCUT2D eigenvalue weighted by atomic mass is 9.44. The Balaban J connectivity index is 1.83. The van der Waals surface area contributed by atoms with Gasteiger partial charge < -0.3 is 38.6 Å². The van der Waals surface area contributed by atoms with Crippen LogP contribution in [-0.4, -0.2) is 81.7 Å². The first-order valence-corrected chi connectivity index (χ1v) is 14.7. The number of carbonyl (C=O) groups is 2. The second-order valence-corrected chi connectivity index (χ2v) is 13.2. The number of fused-ring (bicyclic) bond motifs is 5. The maximum Gasteiger partial charge on any atom is 0.338 e. The average molecular weight is 611 g/mol. The average Bonchev–Trinajstić information content (AvgIpc) is 2.91. The summed E-state index contributed by atoms with van der Waals surface area (Å²) in [6, 6.07) is 8.37. The first-order chi connectivity index (χ1) is 19.2. The Bertz CT molecular complexity index is 1240. The summed E-state index contributed by atoms with van der Waals surface area (Å²) in [5, 5.41) is 36.6. The van der Waals surface area contributed by atoms with Gasteiger partial charge in [0.25, 0.3) is 0 Å². The van der Waals surface area contributed by atoms with E-state index in [0.717, 1.165) is 0 Å². The quantitative estimate of drug-likeness (QED) is 0.259. The van der Waals surface area contributed by atoms with Crippen molar-refractivity contribution in [3.05, 3.63) is 47.0 Å². The minimum absolute atomic E-state index is 0.0413. The van der Waals surface area contributed by atoms with E-state index in [1.807, 2.05) is 0 Å². The molecule has 3 N–H and O–H groups in total. The molecular weight excluding hydrogens is 570 g/mol. The maximum atomic E-state index is 13.8. The van der Waals surface area contributed by atoms with E-state index in [2.05, 4.69) is 18.9 Å². The van der Waals surface area contributed by atoms with Gasteiger partial charge in [0.1, 0.15) is 23.9 Å². The number of rotatable bonds is 5. The number of carbonyl (C=O) groups excluding carboxylic acids is 2. The number of esters is 2. The molecule has 4 aliphatic rings. The summed E-state index contributed by atoms with van der Waals surface area (Å²) in [6.07, 6.45) is -6.14. The molecule has 2 bridgehead atoms. The van der Waals surface area contributed by atoms with Crippen molar-refractivity contribution in [1.29, 1.82) is 0 Å². The van der Waals surface area contributed by atoms with E-state index in [1.54, 1.807) is 58.0 Å². The van der Waals surface area contributed by atoms with Gasteiger partial charge in [0.05, 0.1) is 36.4 Å². The molecule has 1 aromatic rings. The van der Waals surface area contributed by atoms with Crippen molar-refractivity contribution in [1.82, 2.24) is 0 Å². The fourth-order valence-electron chi connectivity index (χ4n) is 8.17. The van der Waals surface area contributed by atoms with E-state index in [1.165, 1.54) is 6.92 Å². The zero-order valence-electron chi connectivity index (χ0n) is 23.9. The summed E-state index contributed by atoms with van der Waals surface area (Å²) in [7, 11) is 4.44. The van der Waals surface area contributed by atoms with Gasteiger partial charge in [-0.05, 0) is 30.2 Å². The monoisotopic (exact) mass is 610 g/mol. The van der Waals surface area contributed by atoms with Crippen LogP contribution in [0.25, 0.3) is 0 Å². The van der Waals surface area contributed by atoms with E-state index in [0.29, 0.717) is 11.1 Å². The summed E-state index contributed by atoms with van der Waals surface area (Å²) >= 11 is 0. The molecule has 3 aliphatic carbocycles. The highest BCUT2D eigenvalue weighted by Gasteiger charge is 2.78. The standard InChI is InChI=1S/C29H40O10P2/c1-14-17(31)12-29(34)24(36-25(33)16-9-7-6-8-10-16)22-27(5,23(32)21(39-41)20(14)26(29,3)4)18(38-40)11-19-28(22,13-35-19)37-15(2)30/h6-10,17-19,21-24,31-32,34H,11-13,40-41H2,1-5H3/t17-,18-,19+,21+,22?,23-,24-,27+,28-,29+/m0/s1. The van der Waals surface area contributed by atoms with Crippen molar-refractivity contribution in [3.63, 3.8) is 0 Å². The van der Waals surface area contributed by atoms with Gasteiger partial charge in [0, 0.05) is 49.5 Å². The van der Waals surface area contributed by atoms with Crippen molar-refractivity contribution >= 4 is 30.9 Å². The molecule has 0 amide bonds. The summed E-state index contributed by atoms with van der Waals surface area (Å²) in [5.74, 6) is -2.33. The van der Waals surface area contributed by atoms with Crippen LogP contribution in [0, 0.1) is 16.7 Å². The summed E-state index contributed by atoms with van der Waals surface area (Å²) in [5.41, 5.74) is -4.48. The zero-order valence-corrected chi connectivity index (χ0v) is 26.2. The van der Waals surface area contributed by atoms with Gasteiger partial charge in [-0.2, -0.15) is 0 Å². The number of hydrogen-bond donors (Lipinski definition) is 3. The highest BCUT2D eigenvalue weighted by atomic mass is 31.0. The van der Waals surface area contributed by atoms with Crippen molar-refractivity contribution < 1.29 is 48.2 Å². The van der Waals surface area contributed by atoms with Crippen LogP contribution in [0.15, 0.2) is 41.5 Å². The van der Waals surface area contributed by atoms with Crippen LogP contribution in [0.5, 0.6) is 0 Å². The number of benzene rings is 1. The van der Waals surface area contributed by atoms with Gasteiger partial charge in [-0.15, -0.1) is 0 Å². The largest absolute Gasteiger partial charge is 0.455 e. The third kappa shape index (κ3) is 4.28. The Hall–Kier alpha value is -1.48. The molecular formula is C29H40O10P2. The van der Waals surface area contributed by atoms with Gasteiger partial charge in [-0.3, -0.25) is 4.79 Å². The van der Waals surface area contributed by atoms with Crippen LogP contribution >= 0.6 is 18.9 Å². The van der Waals surface area contributed by atoms with E-state index in [9.17, 15) is 24.9 Å². The van der Waals surface area contributed by atoms with Crippen LogP contribution < -0.4 is 0 Å². The predicted molar refractivity (Wildman–Crippen MR) is 153 cm³/mol. The van der Waals surface area contributed by atoms with Gasteiger partial charge in [0.2, 0.25) is 0 Å². The molecule has 1 aromatic carbocycles. The van der Waals surface area contributed by atoms with Gasteiger partial charge >= 0.3 is 11.9 Å². The third-order valence-electron chi connectivity index (χ3n) is 10.4. The molecule has 10 nitrogen and oxygen atoms in total. The van der Waals surface area contributed by atoms with Crippen LogP contribution in [0.3, 0.4) is 0 Å². The molecule has 1 heterocycles. The number of aliphatic hydroxyl groups excluding tert-OH is 2. The van der Waals surface area contributed by atoms with Crippen molar-refractivity contribution in [2.24, 2.45) is 16.7 Å². The molecule has 12 atom stereocenters. The van der Waals surface area contributed by atoms with E-state index < -0.39 is 76.5 Å². The van der Waals surface area contributed by atoms with Crippen molar-refractivity contribution in [2.45, 2.75) is 95.3 Å². The lowest BCUT2D eigenvalue weighted by Crippen LogP contribution is -2.82. The Morgan fingerprint density at radius 2 is 1.73 bits per heavy atom. The van der Waals surface area contributed by atoms with Crippen molar-refractivity contribution in [3.8, 4) is 0 Å². The minimum atomic E-state index is -1.91. The Morgan fingerprint density at radius 3 is 2.27 bits per heavy atom. The van der Waals surface area contributed by atoms with E-state index >= 15 is 0 Å². The van der Waals surface area contributed by atoms with Crippen LogP contribution in [0.4, 0.5) is 0 Å². The SMILES string of the molecule is CC(=O)O[C@@]12CO[C@@H]1C[C@H](OP)[C@]1(C)C2[C@H](OC(=O)c2ccccc2)[C@]2(O)C[C@H](O)C(C)=C([C@@H](OP)[C@@H]1O)C2(C)C. The van der Waals surface area contributed by atoms with Gasteiger partial charge in [-0.1, -0.05) is 39.0 Å². The fraction of sp³-hybridized carbons (Fsp3) is 0.655. The van der Waals surface area contributed by atoms with Crippen LogP contribution in [-0.2, 0) is 28.1 Å². The van der Waals surface area contributed by atoms with Crippen LogP contribution in [0.1, 0.15) is 57.8 Å². The lowest BCUT2D eigenvalue weighted by Gasteiger charge is -2.69. The topological polar surface area (TPSA) is 141 Å². The molecule has 12 heteroatoms. The van der Waals surface area contributed by atoms with Gasteiger partial charge in [-0.25, -0.2) is 4.79 Å². The first-order valence-electron chi connectivity index (χ1n) is 13.8. The first kappa shape index (κ1) is 31.0. The Kier molecular flexibility index (Phi) is 8.01. The van der Waals surface area contributed by atoms with E-state index in [4.69, 9.17) is 23.3 Å². The van der Waals surface area contributed by atoms with Gasteiger partial charge in [0.15, 0.2) is 5.60 Å². The predicted octanol–water partition coefficient (Wildman–Crippen LogP) is 2.50. The summed E-state index contributed by atoms with van der Waals surface area (Å²) < 4.78 is 30.1. The molecule has 1 aliphatic heterocycles. The minimum Gasteiger partial charge on any atom is -0.455 e. The molecule has 1 saturated heterocycles. The molecule has 0 aromatic heterocycles. The second kappa shape index (κ2) is 10.6. The molecule has 3 unspecified atom stereocenters. The van der Waals surface area contributed by atoms with Crippen molar-refractivity contribution in [2.75, 3.05) is 6.61 Å². The molecule has 3 fully saturated rings. The fourth-order valence-corrected chi connectivity index (χ4v) is 8.86.